The van der Waals surface area contributed by atoms with Crippen molar-refractivity contribution in [2.75, 3.05) is 13.1 Å². The molecule has 10 heteroatoms. The number of fused-ring (bicyclic) bond motifs is 1. The molecule has 2 aromatic carbocycles. The van der Waals surface area contributed by atoms with Crippen LogP contribution in [0.2, 0.25) is 0 Å². The number of hydrogen-bond acceptors (Lipinski definition) is 5. The number of aromatic amines is 1. The maximum atomic E-state index is 13.6. The van der Waals surface area contributed by atoms with E-state index in [1.54, 1.807) is 0 Å². The number of hydrogen-bond donors (Lipinski definition) is 5. The van der Waals surface area contributed by atoms with Crippen molar-refractivity contribution in [2.45, 2.75) is 43.8 Å². The fourth-order valence-electron chi connectivity index (χ4n) is 4.74. The summed E-state index contributed by atoms with van der Waals surface area (Å²) in [6.45, 7) is -0.184. The number of benzene rings is 2. The summed E-state index contributed by atoms with van der Waals surface area (Å²) in [5.74, 6) is -2.55. The van der Waals surface area contributed by atoms with Crippen LogP contribution in [0.15, 0.2) is 60.8 Å². The van der Waals surface area contributed by atoms with Crippen LogP contribution >= 0.6 is 0 Å². The van der Waals surface area contributed by atoms with Crippen LogP contribution in [0.25, 0.3) is 10.9 Å². The molecule has 1 saturated heterocycles. The van der Waals surface area contributed by atoms with Crippen molar-refractivity contribution in [1.82, 2.24) is 20.5 Å². The number of nitrogens with one attached hydrogen (secondary N) is 3. The Balaban J connectivity index is 1.49. The molecule has 3 aromatic rings. The summed E-state index contributed by atoms with van der Waals surface area (Å²) in [4.78, 5) is 54.8. The molecule has 194 valence electrons. The number of nitrogens with two attached hydrogens (primary N) is 1. The Morgan fingerprint density at radius 1 is 1.05 bits per heavy atom. The second-order valence-electron chi connectivity index (χ2n) is 9.22. The fourth-order valence-corrected chi connectivity index (χ4v) is 4.74. The van der Waals surface area contributed by atoms with E-state index in [1.165, 1.54) is 4.90 Å². The maximum Gasteiger partial charge on any atom is 0.322 e. The van der Waals surface area contributed by atoms with Crippen LogP contribution in [-0.2, 0) is 32.0 Å². The van der Waals surface area contributed by atoms with Crippen LogP contribution in [0.5, 0.6) is 0 Å². The van der Waals surface area contributed by atoms with E-state index in [9.17, 15) is 19.2 Å². The average Bonchev–Trinajstić information content (AvgIpc) is 3.55. The van der Waals surface area contributed by atoms with Gasteiger partial charge in [0.25, 0.3) is 0 Å². The highest BCUT2D eigenvalue weighted by atomic mass is 16.4. The Bertz CT molecular complexity index is 1270. The predicted molar refractivity (Wildman–Crippen MR) is 137 cm³/mol. The van der Waals surface area contributed by atoms with Gasteiger partial charge < -0.3 is 31.4 Å². The van der Waals surface area contributed by atoms with Gasteiger partial charge in [0.2, 0.25) is 17.7 Å². The zero-order valence-electron chi connectivity index (χ0n) is 20.4. The minimum absolute atomic E-state index is 0.227. The van der Waals surface area contributed by atoms with Crippen LogP contribution in [0, 0.1) is 0 Å². The molecule has 37 heavy (non-hydrogen) atoms. The van der Waals surface area contributed by atoms with E-state index < -0.39 is 48.4 Å². The third-order valence-electron chi connectivity index (χ3n) is 6.60. The second-order valence-corrected chi connectivity index (χ2v) is 9.22. The number of likely N-dealkylation sites (tertiary alicyclic amines) is 1. The highest BCUT2D eigenvalue weighted by molar-refractivity contribution is 5.94. The van der Waals surface area contributed by atoms with Crippen molar-refractivity contribution in [2.24, 2.45) is 5.73 Å². The summed E-state index contributed by atoms with van der Waals surface area (Å²) in [7, 11) is 0. The fraction of sp³-hybridized carbons (Fsp3) is 0.333. The lowest BCUT2D eigenvalue weighted by atomic mass is 10.0. The molecule has 1 aliphatic heterocycles. The van der Waals surface area contributed by atoms with E-state index in [4.69, 9.17) is 10.8 Å². The minimum Gasteiger partial charge on any atom is -0.480 e. The molecule has 0 bridgehead atoms. The third kappa shape index (κ3) is 6.34. The van der Waals surface area contributed by atoms with Gasteiger partial charge >= 0.3 is 5.97 Å². The van der Waals surface area contributed by atoms with Gasteiger partial charge in [-0.3, -0.25) is 19.2 Å². The molecule has 1 aromatic heterocycles. The van der Waals surface area contributed by atoms with Gasteiger partial charge in [0.1, 0.15) is 18.6 Å². The van der Waals surface area contributed by atoms with Crippen molar-refractivity contribution >= 4 is 34.6 Å². The van der Waals surface area contributed by atoms with Gasteiger partial charge in [0.15, 0.2) is 0 Å². The van der Waals surface area contributed by atoms with Crippen molar-refractivity contribution in [1.29, 1.82) is 0 Å². The largest absolute Gasteiger partial charge is 0.480 e. The van der Waals surface area contributed by atoms with E-state index in [1.807, 2.05) is 60.8 Å². The number of H-pyrrole nitrogens is 1. The Hall–Kier alpha value is -4.18. The van der Waals surface area contributed by atoms with Gasteiger partial charge in [-0.25, -0.2) is 0 Å². The number of aromatic nitrogens is 1. The quantitative estimate of drug-likeness (QED) is 0.276. The first-order valence-corrected chi connectivity index (χ1v) is 12.3. The summed E-state index contributed by atoms with van der Waals surface area (Å²) < 4.78 is 0. The Morgan fingerprint density at radius 2 is 1.78 bits per heavy atom. The lowest BCUT2D eigenvalue weighted by Gasteiger charge is -2.29. The van der Waals surface area contributed by atoms with Gasteiger partial charge in [-0.05, 0) is 36.5 Å². The van der Waals surface area contributed by atoms with Crippen molar-refractivity contribution in [3.8, 4) is 0 Å². The van der Waals surface area contributed by atoms with Gasteiger partial charge in [-0.2, -0.15) is 0 Å². The number of carboxylic acid groups (broad SMARTS) is 1. The van der Waals surface area contributed by atoms with Gasteiger partial charge in [0.05, 0.1) is 6.04 Å². The molecule has 2 heterocycles. The number of rotatable bonds is 10. The molecule has 3 atom stereocenters. The summed E-state index contributed by atoms with van der Waals surface area (Å²) in [6, 6.07) is 14.4. The Labute approximate surface area is 214 Å². The van der Waals surface area contributed by atoms with Crippen LogP contribution < -0.4 is 16.4 Å². The highest BCUT2D eigenvalue weighted by Gasteiger charge is 2.38. The molecular weight excluding hydrogens is 474 g/mol. The maximum absolute atomic E-state index is 13.6. The van der Waals surface area contributed by atoms with Crippen LogP contribution in [-0.4, -0.2) is 69.9 Å². The van der Waals surface area contributed by atoms with E-state index in [-0.39, 0.29) is 12.8 Å². The standard InChI is InChI=1S/C27H31N5O5/c28-20(14-18-15-29-21-10-5-4-9-19(18)21)25(35)31-22(13-17-7-2-1-3-8-17)27(37)32-12-6-11-23(32)26(36)30-16-24(33)34/h1-5,7-10,15,20,22-23,29H,6,11-14,16,28H2,(H,30,36)(H,31,35)(H,33,34). The zero-order chi connectivity index (χ0) is 26.4. The molecule has 4 rings (SSSR count). The third-order valence-corrected chi connectivity index (χ3v) is 6.60. The normalized spacial score (nSPS) is 16.8. The molecule has 1 aliphatic rings. The van der Waals surface area contributed by atoms with Crippen LogP contribution in [0.3, 0.4) is 0 Å². The molecule has 0 spiro atoms. The number of nitrogens with zero attached hydrogens (tertiary/aromatic N) is 1. The van der Waals surface area contributed by atoms with Crippen molar-refractivity contribution in [3.05, 3.63) is 71.9 Å². The molecule has 0 saturated carbocycles. The number of carbonyl (C=O) groups is 4. The van der Waals surface area contributed by atoms with Gasteiger partial charge in [-0.1, -0.05) is 48.5 Å². The summed E-state index contributed by atoms with van der Waals surface area (Å²) in [5, 5.41) is 15.0. The highest BCUT2D eigenvalue weighted by Crippen LogP contribution is 2.21. The number of carbonyl (C=O) groups excluding carboxylic acids is 3. The first kappa shape index (κ1) is 25.9. The lowest BCUT2D eigenvalue weighted by molar-refractivity contribution is -0.142. The Morgan fingerprint density at radius 3 is 2.54 bits per heavy atom. The van der Waals surface area contributed by atoms with Crippen molar-refractivity contribution < 1.29 is 24.3 Å². The van der Waals surface area contributed by atoms with E-state index in [2.05, 4.69) is 15.6 Å². The topological polar surface area (TPSA) is 158 Å². The molecule has 0 radical (unpaired) electrons. The minimum atomic E-state index is -1.16. The summed E-state index contributed by atoms with van der Waals surface area (Å²) in [5.41, 5.74) is 8.96. The van der Waals surface area contributed by atoms with E-state index >= 15 is 0 Å². The molecule has 3 amide bonds. The lowest BCUT2D eigenvalue weighted by Crippen LogP contribution is -2.56. The van der Waals surface area contributed by atoms with E-state index in [0.717, 1.165) is 22.0 Å². The molecule has 3 unspecified atom stereocenters. The number of aliphatic carboxylic acids is 1. The van der Waals surface area contributed by atoms with Gasteiger partial charge in [-0.15, -0.1) is 0 Å². The number of amides is 3. The smallest absolute Gasteiger partial charge is 0.322 e. The zero-order valence-corrected chi connectivity index (χ0v) is 20.4. The molecule has 10 nitrogen and oxygen atoms in total. The second kappa shape index (κ2) is 11.7. The van der Waals surface area contributed by atoms with Gasteiger partial charge in [0, 0.05) is 30.1 Å². The summed E-state index contributed by atoms with van der Waals surface area (Å²) in [6.07, 6.45) is 3.36. The molecule has 6 N–H and O–H groups in total. The SMILES string of the molecule is NC(Cc1c[nH]c2ccccc12)C(=O)NC(Cc1ccccc1)C(=O)N1CCCC1C(=O)NCC(=O)O. The predicted octanol–water partition coefficient (Wildman–Crippen LogP) is 0.957. The van der Waals surface area contributed by atoms with E-state index in [0.29, 0.717) is 19.4 Å². The van der Waals surface area contributed by atoms with Crippen LogP contribution in [0.4, 0.5) is 0 Å². The monoisotopic (exact) mass is 505 g/mol. The first-order chi connectivity index (χ1) is 17.8. The van der Waals surface area contributed by atoms with Crippen LogP contribution in [0.1, 0.15) is 24.0 Å². The average molecular weight is 506 g/mol. The number of carboxylic acids is 1. The molecular formula is C27H31N5O5. The van der Waals surface area contributed by atoms with Crippen molar-refractivity contribution in [3.63, 3.8) is 0 Å². The molecule has 0 aliphatic carbocycles. The Kier molecular flexibility index (Phi) is 8.19. The number of para-hydroxylation sites is 1. The molecule has 1 fully saturated rings. The first-order valence-electron chi connectivity index (χ1n) is 12.3. The summed E-state index contributed by atoms with van der Waals surface area (Å²) >= 11 is 0.